The highest BCUT2D eigenvalue weighted by Crippen LogP contribution is 2.28. The van der Waals surface area contributed by atoms with Crippen molar-refractivity contribution in [1.29, 1.82) is 0 Å². The first kappa shape index (κ1) is 22.5. The molecule has 0 radical (unpaired) electrons. The number of thioether (sulfide) groups is 1. The van der Waals surface area contributed by atoms with E-state index in [1.807, 2.05) is 0 Å². The Labute approximate surface area is 190 Å². The van der Waals surface area contributed by atoms with Crippen molar-refractivity contribution in [1.82, 2.24) is 5.32 Å². The summed E-state index contributed by atoms with van der Waals surface area (Å²) < 4.78 is 35.4. The van der Waals surface area contributed by atoms with Crippen molar-refractivity contribution in [3.63, 3.8) is 0 Å². The number of nitro groups is 1. The first-order chi connectivity index (χ1) is 15.7. The Morgan fingerprint density at radius 3 is 2.61 bits per heavy atom. The van der Waals surface area contributed by atoms with E-state index >= 15 is 0 Å². The average Bonchev–Trinajstić information content (AvgIpc) is 2.77. The van der Waals surface area contributed by atoms with Gasteiger partial charge in [-0.3, -0.25) is 19.9 Å². The summed E-state index contributed by atoms with van der Waals surface area (Å²) in [6.07, 6.45) is 0.327. The molecule has 0 saturated carbocycles. The van der Waals surface area contributed by atoms with Crippen molar-refractivity contribution in [3.05, 3.63) is 74.6 Å². The molecule has 0 unspecified atom stereocenters. The Balaban J connectivity index is 1.57. The number of carbonyl (C=O) groups is 1. The third-order valence-corrected chi connectivity index (χ3v) is 6.77. The molecule has 2 heterocycles. The highest BCUT2D eigenvalue weighted by molar-refractivity contribution is 8.13. The minimum Gasteiger partial charge on any atom is -0.423 e. The van der Waals surface area contributed by atoms with Gasteiger partial charge in [-0.15, -0.1) is 0 Å². The van der Waals surface area contributed by atoms with E-state index in [9.17, 15) is 28.1 Å². The molecule has 0 atom stereocenters. The fraction of sp³-hybridized carbons (Fsp3) is 0.150. The highest BCUT2D eigenvalue weighted by atomic mass is 32.2. The van der Waals surface area contributed by atoms with Gasteiger partial charge < -0.3 is 13.9 Å². The Hall–Kier alpha value is -3.71. The maximum absolute atomic E-state index is 12.5. The summed E-state index contributed by atoms with van der Waals surface area (Å²) >= 11 is 1.25. The zero-order chi connectivity index (χ0) is 23.6. The second kappa shape index (κ2) is 9.03. The predicted octanol–water partition coefficient (Wildman–Crippen LogP) is 2.58. The highest BCUT2D eigenvalue weighted by Gasteiger charge is 2.19. The van der Waals surface area contributed by atoms with Crippen molar-refractivity contribution in [2.75, 3.05) is 6.54 Å². The van der Waals surface area contributed by atoms with E-state index in [2.05, 4.69) is 10.3 Å². The number of benzene rings is 2. The third-order valence-electron chi connectivity index (χ3n) is 4.55. The van der Waals surface area contributed by atoms with Gasteiger partial charge in [-0.1, -0.05) is 11.8 Å². The van der Waals surface area contributed by atoms with Gasteiger partial charge >= 0.3 is 15.7 Å². The molecule has 11 nitrogen and oxygen atoms in total. The second-order valence-electron chi connectivity index (χ2n) is 6.81. The minimum atomic E-state index is -4.28. The van der Waals surface area contributed by atoms with Gasteiger partial charge in [0.25, 0.3) is 5.69 Å². The lowest BCUT2D eigenvalue weighted by Gasteiger charge is -2.13. The van der Waals surface area contributed by atoms with E-state index in [0.717, 1.165) is 24.3 Å². The smallest absolute Gasteiger partial charge is 0.339 e. The lowest BCUT2D eigenvalue weighted by Crippen LogP contribution is -2.32. The number of nitrogens with zero attached hydrogens (tertiary/aromatic N) is 2. The maximum atomic E-state index is 12.5. The van der Waals surface area contributed by atoms with E-state index in [4.69, 9.17) is 8.60 Å². The molecule has 170 valence electrons. The number of rotatable bonds is 6. The van der Waals surface area contributed by atoms with Gasteiger partial charge in [0.1, 0.15) is 16.2 Å². The minimum absolute atomic E-state index is 0.0993. The van der Waals surface area contributed by atoms with Crippen LogP contribution >= 0.6 is 11.8 Å². The Morgan fingerprint density at radius 2 is 1.91 bits per heavy atom. The molecule has 2 aromatic carbocycles. The predicted molar refractivity (Wildman–Crippen MR) is 120 cm³/mol. The molecule has 0 spiro atoms. The van der Waals surface area contributed by atoms with Crippen LogP contribution in [0, 0.1) is 10.1 Å². The molecule has 0 aliphatic carbocycles. The van der Waals surface area contributed by atoms with E-state index in [-0.39, 0.29) is 27.8 Å². The molecule has 0 bridgehead atoms. The largest absolute Gasteiger partial charge is 0.423 e. The maximum Gasteiger partial charge on any atom is 0.339 e. The van der Waals surface area contributed by atoms with Crippen LogP contribution in [0.1, 0.15) is 12.0 Å². The fourth-order valence-electron chi connectivity index (χ4n) is 3.00. The number of nitro benzene ring substituents is 1. The Bertz CT molecular complexity index is 1450. The number of carbonyl (C=O) groups excluding carboxylic acids is 1. The monoisotopic (exact) mass is 489 g/mol. The Morgan fingerprint density at radius 1 is 1.15 bits per heavy atom. The number of amides is 1. The van der Waals surface area contributed by atoms with Crippen LogP contribution in [0.2, 0.25) is 0 Å². The first-order valence-electron chi connectivity index (χ1n) is 9.44. The van der Waals surface area contributed by atoms with Crippen LogP contribution < -0.4 is 15.1 Å². The molecular weight excluding hydrogens is 474 g/mol. The number of hydrogen-bond acceptors (Lipinski definition) is 10. The van der Waals surface area contributed by atoms with E-state index in [0.29, 0.717) is 34.8 Å². The zero-order valence-corrected chi connectivity index (χ0v) is 18.4. The molecule has 1 N–H and O–H groups in total. The fourth-order valence-corrected chi connectivity index (χ4v) is 4.82. The number of aliphatic imine (C=N–C) groups is 1. The van der Waals surface area contributed by atoms with Crippen LogP contribution in [-0.2, 0) is 20.7 Å². The zero-order valence-electron chi connectivity index (χ0n) is 16.7. The van der Waals surface area contributed by atoms with Crippen molar-refractivity contribution in [2.45, 2.75) is 17.1 Å². The second-order valence-corrected chi connectivity index (χ2v) is 9.32. The van der Waals surface area contributed by atoms with Crippen molar-refractivity contribution in [2.24, 2.45) is 4.99 Å². The SMILES string of the molecule is O=C1CCN=C(SCc2cc(=O)oc3cc(OS(=O)(=O)c4ccc([N+](=O)[O-])cc4)ccc23)N1. The summed E-state index contributed by atoms with van der Waals surface area (Å²) in [4.78, 5) is 37.6. The van der Waals surface area contributed by atoms with Gasteiger partial charge in [-0.25, -0.2) is 4.79 Å². The summed E-state index contributed by atoms with van der Waals surface area (Å²) in [7, 11) is -4.28. The van der Waals surface area contributed by atoms with Gasteiger partial charge in [0.15, 0.2) is 5.17 Å². The van der Waals surface area contributed by atoms with Crippen LogP contribution in [0.5, 0.6) is 5.75 Å². The summed E-state index contributed by atoms with van der Waals surface area (Å²) in [5.74, 6) is 0.0985. The summed E-state index contributed by atoms with van der Waals surface area (Å²) in [6.45, 7) is 0.399. The molecule has 4 rings (SSSR count). The number of hydrogen-bond donors (Lipinski definition) is 1. The first-order valence-corrected chi connectivity index (χ1v) is 11.8. The quantitative estimate of drug-likeness (QED) is 0.238. The van der Waals surface area contributed by atoms with E-state index < -0.39 is 20.7 Å². The van der Waals surface area contributed by atoms with E-state index in [1.165, 1.54) is 30.0 Å². The molecule has 1 aliphatic rings. The molecule has 0 fully saturated rings. The topological polar surface area (TPSA) is 158 Å². The van der Waals surface area contributed by atoms with Gasteiger partial charge in [-0.05, 0) is 29.8 Å². The summed E-state index contributed by atoms with van der Waals surface area (Å²) in [6, 6.07) is 9.78. The summed E-state index contributed by atoms with van der Waals surface area (Å²) in [5.41, 5.74) is -0.170. The third kappa shape index (κ3) is 5.21. The van der Waals surface area contributed by atoms with Gasteiger partial charge in [0.05, 0.1) is 11.5 Å². The standard InChI is InChI=1S/C20H15N3O8S2/c24-18-7-8-21-20(22-18)32-11-12-9-19(25)30-17-10-14(3-6-16(12)17)31-33(28,29)15-4-1-13(2-5-15)23(26)27/h1-6,9-10H,7-8,11H2,(H,21,22,24). The van der Waals surface area contributed by atoms with Crippen LogP contribution in [0.25, 0.3) is 11.0 Å². The molecule has 3 aromatic rings. The van der Waals surface area contributed by atoms with Crippen molar-refractivity contribution < 1.29 is 26.7 Å². The van der Waals surface area contributed by atoms with Crippen LogP contribution in [0.4, 0.5) is 5.69 Å². The Kier molecular flexibility index (Phi) is 6.16. The van der Waals surface area contributed by atoms with E-state index in [1.54, 1.807) is 6.07 Å². The molecule has 33 heavy (non-hydrogen) atoms. The summed E-state index contributed by atoms with van der Waals surface area (Å²) in [5, 5.41) is 14.4. The molecule has 1 aromatic heterocycles. The van der Waals surface area contributed by atoms with Crippen molar-refractivity contribution >= 4 is 49.6 Å². The van der Waals surface area contributed by atoms with Gasteiger partial charge in [-0.2, -0.15) is 8.42 Å². The lowest BCUT2D eigenvalue weighted by atomic mass is 10.1. The van der Waals surface area contributed by atoms with Crippen LogP contribution in [0.15, 0.2) is 67.6 Å². The number of fused-ring (bicyclic) bond motifs is 1. The number of nitrogens with one attached hydrogen (secondary N) is 1. The normalized spacial score (nSPS) is 13.9. The van der Waals surface area contributed by atoms with Gasteiger partial charge in [0.2, 0.25) is 5.91 Å². The molecule has 0 saturated heterocycles. The number of amidine groups is 1. The number of non-ortho nitro benzene ring substituents is 1. The van der Waals surface area contributed by atoms with Crippen LogP contribution in [0.3, 0.4) is 0 Å². The molecular formula is C20H15N3O8S2. The molecule has 1 amide bonds. The van der Waals surface area contributed by atoms with Crippen molar-refractivity contribution in [3.8, 4) is 5.75 Å². The lowest BCUT2D eigenvalue weighted by molar-refractivity contribution is -0.384. The van der Waals surface area contributed by atoms with Crippen LogP contribution in [-0.4, -0.2) is 31.0 Å². The molecule has 13 heteroatoms. The van der Waals surface area contributed by atoms with Gasteiger partial charge in [0, 0.05) is 41.8 Å². The average molecular weight is 489 g/mol. The molecule has 1 aliphatic heterocycles.